The summed E-state index contributed by atoms with van der Waals surface area (Å²) in [6.45, 7) is 3.35. The second kappa shape index (κ2) is 8.47. The number of ether oxygens (including phenoxy) is 1. The van der Waals surface area contributed by atoms with Gasteiger partial charge in [0.25, 0.3) is 5.91 Å². The molecule has 3 N–H and O–H groups in total. The summed E-state index contributed by atoms with van der Waals surface area (Å²) in [6.07, 6.45) is 9.10. The molecule has 1 aromatic rings. The third-order valence-corrected chi connectivity index (χ3v) is 3.85. The Hall–Kier alpha value is -1.97. The van der Waals surface area contributed by atoms with Gasteiger partial charge >= 0.3 is 0 Å². The monoisotopic (exact) mass is 302 g/mol. The Labute approximate surface area is 132 Å². The Morgan fingerprint density at radius 2 is 2.23 bits per heavy atom. The van der Waals surface area contributed by atoms with Crippen molar-refractivity contribution in [2.75, 3.05) is 18.9 Å². The number of anilines is 1. The standard InChI is InChI=1S/C18H26N2O2/c1-2-12-22-17-9-8-15(13-16(17)19)18(21)20-11-10-14-6-4-3-5-7-14/h6,8-9,13H,2-5,7,10-12,19H2,1H3,(H,20,21). The third kappa shape index (κ3) is 4.79. The molecular formula is C18H26N2O2. The minimum absolute atomic E-state index is 0.0786. The maximum absolute atomic E-state index is 12.1. The molecule has 0 fully saturated rings. The average Bonchev–Trinajstić information content (AvgIpc) is 2.54. The van der Waals surface area contributed by atoms with Crippen LogP contribution >= 0.6 is 0 Å². The number of benzene rings is 1. The Kier molecular flexibility index (Phi) is 6.31. The minimum Gasteiger partial charge on any atom is -0.491 e. The van der Waals surface area contributed by atoms with Crippen molar-refractivity contribution in [3.8, 4) is 5.75 Å². The summed E-state index contributed by atoms with van der Waals surface area (Å²) in [5, 5.41) is 2.96. The van der Waals surface area contributed by atoms with Crippen molar-refractivity contribution in [2.45, 2.75) is 45.4 Å². The smallest absolute Gasteiger partial charge is 0.251 e. The molecule has 4 nitrogen and oxygen atoms in total. The van der Waals surface area contributed by atoms with Crippen LogP contribution in [0.25, 0.3) is 0 Å². The first-order chi connectivity index (χ1) is 10.7. The van der Waals surface area contributed by atoms with Crippen LogP contribution in [0, 0.1) is 0 Å². The Morgan fingerprint density at radius 3 is 2.91 bits per heavy atom. The fraction of sp³-hybridized carbons (Fsp3) is 0.500. The van der Waals surface area contributed by atoms with Crippen LogP contribution < -0.4 is 15.8 Å². The number of rotatable bonds is 7. The number of hydrogen-bond donors (Lipinski definition) is 2. The molecule has 0 saturated carbocycles. The zero-order valence-corrected chi connectivity index (χ0v) is 13.4. The molecule has 0 bridgehead atoms. The van der Waals surface area contributed by atoms with Crippen molar-refractivity contribution >= 4 is 11.6 Å². The average molecular weight is 302 g/mol. The number of carbonyl (C=O) groups is 1. The van der Waals surface area contributed by atoms with Gasteiger partial charge in [0.05, 0.1) is 12.3 Å². The summed E-state index contributed by atoms with van der Waals surface area (Å²) in [5.41, 5.74) is 8.49. The highest BCUT2D eigenvalue weighted by Gasteiger charge is 2.09. The molecule has 1 amide bonds. The van der Waals surface area contributed by atoms with E-state index in [2.05, 4.69) is 11.4 Å². The highest BCUT2D eigenvalue weighted by molar-refractivity contribution is 5.95. The van der Waals surface area contributed by atoms with Crippen molar-refractivity contribution in [3.05, 3.63) is 35.4 Å². The van der Waals surface area contributed by atoms with Gasteiger partial charge in [0.1, 0.15) is 5.75 Å². The minimum atomic E-state index is -0.0786. The van der Waals surface area contributed by atoms with E-state index in [4.69, 9.17) is 10.5 Å². The summed E-state index contributed by atoms with van der Waals surface area (Å²) in [6, 6.07) is 5.21. The lowest BCUT2D eigenvalue weighted by Crippen LogP contribution is -2.25. The molecule has 2 rings (SSSR count). The summed E-state index contributed by atoms with van der Waals surface area (Å²) in [7, 11) is 0. The highest BCUT2D eigenvalue weighted by atomic mass is 16.5. The van der Waals surface area contributed by atoms with E-state index >= 15 is 0 Å². The van der Waals surface area contributed by atoms with Gasteiger partial charge in [-0.25, -0.2) is 0 Å². The molecule has 22 heavy (non-hydrogen) atoms. The molecule has 0 aromatic heterocycles. The Bertz CT molecular complexity index is 538. The molecule has 0 spiro atoms. The van der Waals surface area contributed by atoms with E-state index in [0.717, 1.165) is 12.8 Å². The van der Waals surface area contributed by atoms with Gasteiger partial charge in [0, 0.05) is 12.1 Å². The summed E-state index contributed by atoms with van der Waals surface area (Å²) in [4.78, 5) is 12.1. The van der Waals surface area contributed by atoms with Crippen LogP contribution in [-0.4, -0.2) is 19.1 Å². The molecule has 1 aliphatic rings. The first-order valence-corrected chi connectivity index (χ1v) is 8.19. The third-order valence-electron chi connectivity index (χ3n) is 3.85. The summed E-state index contributed by atoms with van der Waals surface area (Å²) < 4.78 is 5.52. The number of amides is 1. The highest BCUT2D eigenvalue weighted by Crippen LogP contribution is 2.23. The summed E-state index contributed by atoms with van der Waals surface area (Å²) in [5.74, 6) is 0.566. The zero-order valence-electron chi connectivity index (χ0n) is 13.4. The lowest BCUT2D eigenvalue weighted by Gasteiger charge is -2.13. The predicted molar refractivity (Wildman–Crippen MR) is 90.1 cm³/mol. The molecule has 0 heterocycles. The maximum Gasteiger partial charge on any atom is 0.251 e. The van der Waals surface area contributed by atoms with Gasteiger partial charge < -0.3 is 15.8 Å². The molecule has 1 aliphatic carbocycles. The fourth-order valence-corrected chi connectivity index (χ4v) is 2.60. The summed E-state index contributed by atoms with van der Waals surface area (Å²) >= 11 is 0. The van der Waals surface area contributed by atoms with E-state index in [1.807, 2.05) is 6.92 Å². The molecule has 120 valence electrons. The van der Waals surface area contributed by atoms with Gasteiger partial charge in [0.2, 0.25) is 0 Å². The van der Waals surface area contributed by atoms with Crippen LogP contribution in [0.1, 0.15) is 55.8 Å². The van der Waals surface area contributed by atoms with Gasteiger partial charge in [-0.3, -0.25) is 4.79 Å². The van der Waals surface area contributed by atoms with Crippen molar-refractivity contribution in [1.82, 2.24) is 5.32 Å². The van der Waals surface area contributed by atoms with Crippen molar-refractivity contribution in [3.63, 3.8) is 0 Å². The molecule has 0 atom stereocenters. The Morgan fingerprint density at radius 1 is 1.36 bits per heavy atom. The topological polar surface area (TPSA) is 64.3 Å². The molecule has 0 aliphatic heterocycles. The van der Waals surface area contributed by atoms with Crippen LogP contribution in [0.15, 0.2) is 29.8 Å². The number of nitrogen functional groups attached to an aromatic ring is 1. The lowest BCUT2D eigenvalue weighted by molar-refractivity contribution is 0.0954. The van der Waals surface area contributed by atoms with Crippen LogP contribution in [0.4, 0.5) is 5.69 Å². The zero-order chi connectivity index (χ0) is 15.8. The number of allylic oxidation sites excluding steroid dienone is 1. The van der Waals surface area contributed by atoms with Crippen LogP contribution in [0.2, 0.25) is 0 Å². The maximum atomic E-state index is 12.1. The molecular weight excluding hydrogens is 276 g/mol. The van der Waals surface area contributed by atoms with E-state index in [1.165, 1.54) is 31.3 Å². The van der Waals surface area contributed by atoms with Crippen molar-refractivity contribution in [1.29, 1.82) is 0 Å². The molecule has 0 unspecified atom stereocenters. The van der Waals surface area contributed by atoms with Gasteiger partial charge in [-0.05, 0) is 56.7 Å². The van der Waals surface area contributed by atoms with Crippen LogP contribution in [0.3, 0.4) is 0 Å². The van der Waals surface area contributed by atoms with E-state index in [1.54, 1.807) is 18.2 Å². The molecule has 0 radical (unpaired) electrons. The van der Waals surface area contributed by atoms with Gasteiger partial charge in [-0.2, -0.15) is 0 Å². The molecule has 1 aromatic carbocycles. The predicted octanol–water partition coefficient (Wildman–Crippen LogP) is 3.68. The second-order valence-corrected chi connectivity index (χ2v) is 5.72. The normalized spacial score (nSPS) is 14.3. The molecule has 4 heteroatoms. The van der Waals surface area contributed by atoms with Crippen molar-refractivity contribution in [2.24, 2.45) is 0 Å². The van der Waals surface area contributed by atoms with E-state index in [0.29, 0.717) is 30.2 Å². The van der Waals surface area contributed by atoms with E-state index in [-0.39, 0.29) is 5.91 Å². The van der Waals surface area contributed by atoms with Crippen LogP contribution in [0.5, 0.6) is 5.75 Å². The largest absolute Gasteiger partial charge is 0.491 e. The molecule has 0 saturated heterocycles. The number of carbonyl (C=O) groups excluding carboxylic acids is 1. The SMILES string of the molecule is CCCOc1ccc(C(=O)NCCC2=CCCCC2)cc1N. The Balaban J connectivity index is 1.84. The van der Waals surface area contributed by atoms with Crippen LogP contribution in [-0.2, 0) is 0 Å². The van der Waals surface area contributed by atoms with Gasteiger partial charge in [0.15, 0.2) is 0 Å². The first-order valence-electron chi connectivity index (χ1n) is 8.19. The van der Waals surface area contributed by atoms with E-state index < -0.39 is 0 Å². The fourth-order valence-electron chi connectivity index (χ4n) is 2.60. The van der Waals surface area contributed by atoms with Gasteiger partial charge in [-0.15, -0.1) is 0 Å². The van der Waals surface area contributed by atoms with Gasteiger partial charge in [-0.1, -0.05) is 18.6 Å². The quantitative estimate of drug-likeness (QED) is 0.596. The number of hydrogen-bond acceptors (Lipinski definition) is 3. The van der Waals surface area contributed by atoms with E-state index in [9.17, 15) is 4.79 Å². The van der Waals surface area contributed by atoms with Crippen molar-refractivity contribution < 1.29 is 9.53 Å². The second-order valence-electron chi connectivity index (χ2n) is 5.72. The first kappa shape index (κ1) is 16.4. The number of nitrogens with one attached hydrogen (secondary N) is 1. The number of nitrogens with two attached hydrogens (primary N) is 1. The lowest BCUT2D eigenvalue weighted by atomic mass is 9.97.